The van der Waals surface area contributed by atoms with E-state index in [0.29, 0.717) is 16.4 Å². The number of benzene rings is 3. The second kappa shape index (κ2) is 11.0. The van der Waals surface area contributed by atoms with Crippen LogP contribution >= 0.6 is 23.2 Å². The Balaban J connectivity index is 1.31. The lowest BCUT2D eigenvalue weighted by Gasteiger charge is -2.31. The Kier molecular flexibility index (Phi) is 8.02. The van der Waals surface area contributed by atoms with Crippen LogP contribution in [0, 0.1) is 12.8 Å². The predicted octanol–water partition coefficient (Wildman–Crippen LogP) is 5.95. The summed E-state index contributed by atoms with van der Waals surface area (Å²) in [5.74, 6) is -0.128. The van der Waals surface area contributed by atoms with E-state index in [0.717, 1.165) is 48.6 Å². The highest BCUT2D eigenvalue weighted by Gasteiger charge is 2.25. The Morgan fingerprint density at radius 3 is 2.34 bits per heavy atom. The van der Waals surface area contributed by atoms with Crippen molar-refractivity contribution in [1.29, 1.82) is 0 Å². The second-order valence-corrected chi connectivity index (χ2v) is 11.3. The molecule has 0 aromatic heterocycles. The number of aryl methyl sites for hydroxylation is 1. The number of anilines is 2. The molecule has 4 rings (SSSR count). The minimum absolute atomic E-state index is 0.0457. The van der Waals surface area contributed by atoms with E-state index in [-0.39, 0.29) is 16.7 Å². The number of likely N-dealkylation sites (tertiary alicyclic amines) is 1. The molecule has 35 heavy (non-hydrogen) atoms. The molecule has 0 aliphatic carbocycles. The van der Waals surface area contributed by atoms with Crippen LogP contribution in [0.1, 0.15) is 24.0 Å². The first-order chi connectivity index (χ1) is 16.7. The maximum Gasteiger partial charge on any atom is 0.261 e. The van der Waals surface area contributed by atoms with Gasteiger partial charge in [-0.15, -0.1) is 0 Å². The van der Waals surface area contributed by atoms with Gasteiger partial charge < -0.3 is 5.32 Å². The fraction of sp³-hybridized carbons (Fsp3) is 0.269. The molecule has 0 unspecified atom stereocenters. The predicted molar refractivity (Wildman–Crippen MR) is 142 cm³/mol. The van der Waals surface area contributed by atoms with E-state index < -0.39 is 10.0 Å². The van der Waals surface area contributed by atoms with Crippen molar-refractivity contribution in [2.75, 3.05) is 23.1 Å². The van der Waals surface area contributed by atoms with E-state index in [1.165, 1.54) is 12.1 Å². The first-order valence-corrected chi connectivity index (χ1v) is 13.6. The standard InChI is InChI=1S/C26H27Cl2N3O3S/c1-18-5-6-22(28)16-25(18)30-35(33,34)24-9-7-23(8-10-24)29-26(32)20-11-13-31(14-12-20)17-19-3-2-4-21(27)15-19/h2-10,15-16,20,30H,11-14,17H2,1H3,(H,29,32). The van der Waals surface area contributed by atoms with Gasteiger partial charge in [0.1, 0.15) is 0 Å². The summed E-state index contributed by atoms with van der Waals surface area (Å²) in [4.78, 5) is 15.2. The van der Waals surface area contributed by atoms with Gasteiger partial charge in [-0.05, 0) is 92.5 Å². The quantitative estimate of drug-likeness (QED) is 0.394. The van der Waals surface area contributed by atoms with Gasteiger partial charge in [0.25, 0.3) is 10.0 Å². The number of nitrogens with zero attached hydrogens (tertiary/aromatic N) is 1. The van der Waals surface area contributed by atoms with Crippen molar-refractivity contribution in [2.24, 2.45) is 5.92 Å². The molecule has 0 radical (unpaired) electrons. The van der Waals surface area contributed by atoms with Crippen LogP contribution in [0.15, 0.2) is 71.6 Å². The zero-order valence-corrected chi connectivity index (χ0v) is 21.6. The summed E-state index contributed by atoms with van der Waals surface area (Å²) < 4.78 is 28.1. The average Bonchev–Trinajstić information content (AvgIpc) is 2.82. The van der Waals surface area contributed by atoms with Crippen molar-refractivity contribution in [3.8, 4) is 0 Å². The summed E-state index contributed by atoms with van der Waals surface area (Å²) in [6, 6.07) is 19.0. The molecular weight excluding hydrogens is 505 g/mol. The summed E-state index contributed by atoms with van der Waals surface area (Å²) >= 11 is 12.1. The number of carbonyl (C=O) groups is 1. The fourth-order valence-electron chi connectivity index (χ4n) is 4.12. The van der Waals surface area contributed by atoms with Gasteiger partial charge in [-0.2, -0.15) is 0 Å². The molecule has 1 aliphatic heterocycles. The topological polar surface area (TPSA) is 78.5 Å². The normalized spacial score (nSPS) is 15.1. The van der Waals surface area contributed by atoms with Crippen LogP contribution in [0.2, 0.25) is 10.0 Å². The Bertz CT molecular complexity index is 1310. The third-order valence-corrected chi connectivity index (χ3v) is 7.98. The molecule has 0 bridgehead atoms. The third-order valence-electron chi connectivity index (χ3n) is 6.13. The van der Waals surface area contributed by atoms with Gasteiger partial charge in [-0.1, -0.05) is 41.4 Å². The number of halogens is 2. The molecule has 3 aromatic carbocycles. The third kappa shape index (κ3) is 6.76. The molecule has 0 saturated carbocycles. The van der Waals surface area contributed by atoms with Gasteiger partial charge in [0.05, 0.1) is 10.6 Å². The van der Waals surface area contributed by atoms with Crippen LogP contribution < -0.4 is 10.0 Å². The maximum atomic E-state index is 12.8. The number of hydrogen-bond acceptors (Lipinski definition) is 4. The summed E-state index contributed by atoms with van der Waals surface area (Å²) in [6.45, 7) is 4.27. The molecule has 0 atom stereocenters. The Morgan fingerprint density at radius 2 is 1.66 bits per heavy atom. The van der Waals surface area contributed by atoms with E-state index in [4.69, 9.17) is 23.2 Å². The number of hydrogen-bond donors (Lipinski definition) is 2. The maximum absolute atomic E-state index is 12.8. The van der Waals surface area contributed by atoms with Crippen molar-refractivity contribution in [1.82, 2.24) is 4.90 Å². The molecule has 0 spiro atoms. The van der Waals surface area contributed by atoms with Crippen LogP contribution in [0.3, 0.4) is 0 Å². The van der Waals surface area contributed by atoms with Crippen LogP contribution in [0.25, 0.3) is 0 Å². The number of piperidine rings is 1. The van der Waals surface area contributed by atoms with Crippen molar-refractivity contribution < 1.29 is 13.2 Å². The highest BCUT2D eigenvalue weighted by atomic mass is 35.5. The van der Waals surface area contributed by atoms with E-state index in [1.807, 2.05) is 18.2 Å². The molecule has 1 heterocycles. The number of sulfonamides is 1. The van der Waals surface area contributed by atoms with Gasteiger partial charge in [-0.3, -0.25) is 14.4 Å². The lowest BCUT2D eigenvalue weighted by molar-refractivity contribution is -0.121. The van der Waals surface area contributed by atoms with E-state index in [9.17, 15) is 13.2 Å². The van der Waals surface area contributed by atoms with Gasteiger partial charge in [0.15, 0.2) is 0 Å². The van der Waals surface area contributed by atoms with E-state index in [2.05, 4.69) is 21.0 Å². The van der Waals surface area contributed by atoms with Crippen molar-refractivity contribution >= 4 is 50.5 Å². The summed E-state index contributed by atoms with van der Waals surface area (Å²) in [6.07, 6.45) is 1.53. The largest absolute Gasteiger partial charge is 0.326 e. The Morgan fingerprint density at radius 1 is 0.971 bits per heavy atom. The summed E-state index contributed by atoms with van der Waals surface area (Å²) in [7, 11) is -3.79. The summed E-state index contributed by atoms with van der Waals surface area (Å²) in [5.41, 5.74) is 2.92. The minimum Gasteiger partial charge on any atom is -0.326 e. The van der Waals surface area contributed by atoms with E-state index in [1.54, 1.807) is 37.3 Å². The SMILES string of the molecule is Cc1ccc(Cl)cc1NS(=O)(=O)c1ccc(NC(=O)C2CCN(Cc3cccc(Cl)c3)CC2)cc1. The van der Waals surface area contributed by atoms with Crippen LogP contribution in [0.5, 0.6) is 0 Å². The first kappa shape index (κ1) is 25.5. The van der Waals surface area contributed by atoms with Gasteiger partial charge >= 0.3 is 0 Å². The number of amides is 1. The molecule has 1 aliphatic rings. The minimum atomic E-state index is -3.79. The smallest absolute Gasteiger partial charge is 0.261 e. The highest BCUT2D eigenvalue weighted by molar-refractivity contribution is 7.92. The fourth-order valence-corrected chi connectivity index (χ4v) is 5.62. The van der Waals surface area contributed by atoms with Crippen LogP contribution in [-0.4, -0.2) is 32.3 Å². The monoisotopic (exact) mass is 531 g/mol. The average molecular weight is 532 g/mol. The molecule has 1 saturated heterocycles. The molecule has 1 fully saturated rings. The molecular formula is C26H27Cl2N3O3S. The van der Waals surface area contributed by atoms with Crippen molar-refractivity contribution in [3.63, 3.8) is 0 Å². The highest BCUT2D eigenvalue weighted by Crippen LogP contribution is 2.25. The zero-order chi connectivity index (χ0) is 25.0. The number of rotatable bonds is 7. The van der Waals surface area contributed by atoms with Crippen molar-refractivity contribution in [2.45, 2.75) is 31.2 Å². The summed E-state index contributed by atoms with van der Waals surface area (Å²) in [5, 5.41) is 4.09. The van der Waals surface area contributed by atoms with Crippen molar-refractivity contribution in [3.05, 3.63) is 87.9 Å². The lowest BCUT2D eigenvalue weighted by Crippen LogP contribution is -2.37. The Labute approximate surface area is 216 Å². The van der Waals surface area contributed by atoms with Gasteiger partial charge in [0.2, 0.25) is 5.91 Å². The number of carbonyl (C=O) groups excluding carboxylic acids is 1. The number of nitrogens with one attached hydrogen (secondary N) is 2. The molecule has 184 valence electrons. The van der Waals surface area contributed by atoms with Crippen LogP contribution in [-0.2, 0) is 21.4 Å². The molecule has 6 nitrogen and oxygen atoms in total. The van der Waals surface area contributed by atoms with Gasteiger partial charge in [0, 0.05) is 28.2 Å². The molecule has 2 N–H and O–H groups in total. The van der Waals surface area contributed by atoms with Gasteiger partial charge in [-0.25, -0.2) is 8.42 Å². The van der Waals surface area contributed by atoms with Crippen LogP contribution in [0.4, 0.5) is 11.4 Å². The zero-order valence-electron chi connectivity index (χ0n) is 19.3. The molecule has 3 aromatic rings. The second-order valence-electron chi connectivity index (χ2n) is 8.76. The molecule has 1 amide bonds. The lowest BCUT2D eigenvalue weighted by atomic mass is 9.95. The van der Waals surface area contributed by atoms with E-state index >= 15 is 0 Å². The molecule has 9 heteroatoms. The first-order valence-electron chi connectivity index (χ1n) is 11.4. The Hall–Kier alpha value is -2.58.